The summed E-state index contributed by atoms with van der Waals surface area (Å²) in [6.45, 7) is 2.82. The molecule has 1 saturated heterocycles. The number of nitrogens with zero attached hydrogens (tertiary/aromatic N) is 6. The summed E-state index contributed by atoms with van der Waals surface area (Å²) in [6.07, 6.45) is 2.84. The van der Waals surface area contributed by atoms with Crippen LogP contribution in [0.3, 0.4) is 0 Å². The van der Waals surface area contributed by atoms with E-state index in [2.05, 4.69) is 20.5 Å². The number of carbonyl (C=O) groups is 2. The number of carboxylic acids is 1. The first-order valence-electron chi connectivity index (χ1n) is 11.1. The third kappa shape index (κ3) is 6.53. The molecule has 0 aliphatic carbocycles. The summed E-state index contributed by atoms with van der Waals surface area (Å²) >= 11 is 1.44. The Kier molecular flexibility index (Phi) is 7.73. The first kappa shape index (κ1) is 23.7. The SMILES string of the molecule is Cc1cccc(CCc2ccc(OC(=O)N3CCC(Sc4nnnn4CC(=O)O)CC3)cc2)n1. The second-order valence-corrected chi connectivity index (χ2v) is 9.37. The Morgan fingerprint density at radius 2 is 1.88 bits per heavy atom. The molecule has 0 atom stereocenters. The Bertz CT molecular complexity index is 1130. The summed E-state index contributed by atoms with van der Waals surface area (Å²) in [5.74, 6) is -0.477. The Balaban J connectivity index is 1.22. The Morgan fingerprint density at radius 1 is 1.12 bits per heavy atom. The molecule has 1 aromatic carbocycles. The molecule has 0 unspecified atom stereocenters. The molecule has 11 heteroatoms. The van der Waals surface area contributed by atoms with Gasteiger partial charge in [0.15, 0.2) is 0 Å². The van der Waals surface area contributed by atoms with E-state index in [0.29, 0.717) is 24.0 Å². The van der Waals surface area contributed by atoms with Gasteiger partial charge in [0.1, 0.15) is 12.3 Å². The van der Waals surface area contributed by atoms with Crippen LogP contribution in [0.25, 0.3) is 0 Å². The van der Waals surface area contributed by atoms with Crippen molar-refractivity contribution < 1.29 is 19.4 Å². The van der Waals surface area contributed by atoms with Crippen LogP contribution < -0.4 is 4.74 Å². The largest absolute Gasteiger partial charge is 0.480 e. The van der Waals surface area contributed by atoms with Gasteiger partial charge in [0.2, 0.25) is 5.16 Å². The third-order valence-electron chi connectivity index (χ3n) is 5.50. The van der Waals surface area contributed by atoms with E-state index in [1.165, 1.54) is 16.4 Å². The minimum atomic E-state index is -0.997. The average Bonchev–Trinajstić information content (AvgIpc) is 3.25. The number of piperidine rings is 1. The lowest BCUT2D eigenvalue weighted by atomic mass is 10.1. The maximum absolute atomic E-state index is 12.6. The molecule has 1 amide bonds. The second kappa shape index (κ2) is 11.1. The van der Waals surface area contributed by atoms with Crippen LogP contribution in [0.15, 0.2) is 47.6 Å². The molecule has 0 radical (unpaired) electrons. The summed E-state index contributed by atoms with van der Waals surface area (Å²) in [5, 5.41) is 20.8. The van der Waals surface area contributed by atoms with E-state index in [0.717, 1.165) is 42.6 Å². The van der Waals surface area contributed by atoms with Crippen molar-refractivity contribution in [3.05, 3.63) is 59.4 Å². The lowest BCUT2D eigenvalue weighted by Gasteiger charge is -2.30. The molecule has 1 aliphatic rings. The van der Waals surface area contributed by atoms with Gasteiger partial charge < -0.3 is 14.7 Å². The van der Waals surface area contributed by atoms with Gasteiger partial charge in [-0.25, -0.2) is 9.48 Å². The molecule has 178 valence electrons. The van der Waals surface area contributed by atoms with Crippen molar-refractivity contribution in [2.75, 3.05) is 13.1 Å². The number of aliphatic carboxylic acids is 1. The smallest absolute Gasteiger partial charge is 0.415 e. The van der Waals surface area contributed by atoms with Gasteiger partial charge in [0.25, 0.3) is 0 Å². The zero-order chi connectivity index (χ0) is 23.9. The lowest BCUT2D eigenvalue weighted by Crippen LogP contribution is -2.41. The summed E-state index contributed by atoms with van der Waals surface area (Å²) in [5.41, 5.74) is 3.24. The minimum Gasteiger partial charge on any atom is -0.480 e. The van der Waals surface area contributed by atoms with Crippen LogP contribution in [0.4, 0.5) is 4.79 Å². The normalized spacial score (nSPS) is 14.2. The molecule has 34 heavy (non-hydrogen) atoms. The van der Waals surface area contributed by atoms with Crippen molar-refractivity contribution in [2.45, 2.75) is 49.6 Å². The van der Waals surface area contributed by atoms with Crippen LogP contribution in [0.2, 0.25) is 0 Å². The number of thioether (sulfide) groups is 1. The van der Waals surface area contributed by atoms with E-state index < -0.39 is 5.97 Å². The van der Waals surface area contributed by atoms with Gasteiger partial charge in [-0.2, -0.15) is 0 Å². The maximum Gasteiger partial charge on any atom is 0.415 e. The second-order valence-electron chi connectivity index (χ2n) is 8.10. The van der Waals surface area contributed by atoms with Gasteiger partial charge in [-0.1, -0.05) is 30.0 Å². The lowest BCUT2D eigenvalue weighted by molar-refractivity contribution is -0.138. The summed E-state index contributed by atoms with van der Waals surface area (Å²) in [7, 11) is 0. The minimum absolute atomic E-state index is 0.199. The fourth-order valence-corrected chi connectivity index (χ4v) is 4.77. The van der Waals surface area contributed by atoms with Gasteiger partial charge >= 0.3 is 12.1 Å². The van der Waals surface area contributed by atoms with Crippen molar-refractivity contribution >= 4 is 23.8 Å². The predicted octanol–water partition coefficient (Wildman–Crippen LogP) is 3.00. The molecule has 1 aliphatic heterocycles. The number of aryl methyl sites for hydroxylation is 3. The molecule has 1 fully saturated rings. The average molecular weight is 483 g/mol. The van der Waals surface area contributed by atoms with Crippen molar-refractivity contribution in [3.8, 4) is 5.75 Å². The Labute approximate surface area is 201 Å². The summed E-state index contributed by atoms with van der Waals surface area (Å²) < 4.78 is 6.83. The van der Waals surface area contributed by atoms with Crippen LogP contribution in [-0.4, -0.2) is 65.6 Å². The summed E-state index contributed by atoms with van der Waals surface area (Å²) in [4.78, 5) is 29.7. The van der Waals surface area contributed by atoms with E-state index in [4.69, 9.17) is 9.84 Å². The van der Waals surface area contributed by atoms with Crippen LogP contribution in [0.5, 0.6) is 5.75 Å². The molecule has 1 N–H and O–H groups in total. The number of likely N-dealkylation sites (tertiary alicyclic amines) is 1. The zero-order valence-corrected chi connectivity index (χ0v) is 19.6. The topological polar surface area (TPSA) is 123 Å². The molecule has 0 saturated carbocycles. The highest BCUT2D eigenvalue weighted by molar-refractivity contribution is 7.99. The van der Waals surface area contributed by atoms with E-state index >= 15 is 0 Å². The molecule has 2 aromatic heterocycles. The molecule has 3 heterocycles. The van der Waals surface area contributed by atoms with Crippen LogP contribution in [0.1, 0.15) is 29.8 Å². The highest BCUT2D eigenvalue weighted by atomic mass is 32.2. The van der Waals surface area contributed by atoms with Gasteiger partial charge in [-0.3, -0.25) is 9.78 Å². The summed E-state index contributed by atoms with van der Waals surface area (Å²) in [6, 6.07) is 13.6. The fraction of sp³-hybridized carbons (Fsp3) is 0.391. The van der Waals surface area contributed by atoms with E-state index in [1.54, 1.807) is 4.90 Å². The number of aromatic nitrogens is 5. The number of ether oxygens (including phenoxy) is 1. The quantitative estimate of drug-likeness (QED) is 0.516. The highest BCUT2D eigenvalue weighted by Gasteiger charge is 2.26. The maximum atomic E-state index is 12.6. The van der Waals surface area contributed by atoms with E-state index in [9.17, 15) is 9.59 Å². The van der Waals surface area contributed by atoms with Crippen molar-refractivity contribution in [1.29, 1.82) is 0 Å². The number of carboxylic acid groups (broad SMARTS) is 1. The Morgan fingerprint density at radius 3 is 2.59 bits per heavy atom. The van der Waals surface area contributed by atoms with Crippen LogP contribution in [-0.2, 0) is 24.2 Å². The van der Waals surface area contributed by atoms with Crippen molar-refractivity contribution in [3.63, 3.8) is 0 Å². The number of rotatable bonds is 8. The molecule has 3 aromatic rings. The number of hydrogen-bond acceptors (Lipinski definition) is 8. The van der Waals surface area contributed by atoms with E-state index in [-0.39, 0.29) is 17.9 Å². The number of hydrogen-bond donors (Lipinski definition) is 1. The Hall–Kier alpha value is -3.47. The van der Waals surface area contributed by atoms with Crippen LogP contribution >= 0.6 is 11.8 Å². The van der Waals surface area contributed by atoms with Gasteiger partial charge in [0.05, 0.1) is 0 Å². The molecule has 0 bridgehead atoms. The van der Waals surface area contributed by atoms with Gasteiger partial charge in [-0.05, 0) is 72.9 Å². The van der Waals surface area contributed by atoms with Crippen molar-refractivity contribution in [1.82, 2.24) is 30.1 Å². The third-order valence-corrected chi connectivity index (χ3v) is 6.81. The van der Waals surface area contributed by atoms with E-state index in [1.807, 2.05) is 49.4 Å². The highest BCUT2D eigenvalue weighted by Crippen LogP contribution is 2.29. The molecule has 0 spiro atoms. The number of tetrazole rings is 1. The zero-order valence-electron chi connectivity index (χ0n) is 18.8. The standard InChI is InChI=1S/C23H26N6O4S/c1-16-3-2-4-18(24-16)8-5-17-6-9-19(10-7-17)33-23(32)28-13-11-20(12-14-28)34-22-25-26-27-29(22)15-21(30)31/h2-4,6-7,9-10,20H,5,8,11-15H2,1H3,(H,30,31). The monoisotopic (exact) mass is 482 g/mol. The predicted molar refractivity (Wildman–Crippen MR) is 125 cm³/mol. The number of amides is 1. The molecular formula is C23H26N6O4S. The number of pyridine rings is 1. The molecule has 4 rings (SSSR count). The number of benzene rings is 1. The van der Waals surface area contributed by atoms with Gasteiger partial charge in [-0.15, -0.1) is 5.10 Å². The van der Waals surface area contributed by atoms with Crippen LogP contribution in [0, 0.1) is 6.92 Å². The first-order chi connectivity index (χ1) is 16.5. The molecular weight excluding hydrogens is 456 g/mol. The first-order valence-corrected chi connectivity index (χ1v) is 12.0. The van der Waals surface area contributed by atoms with Gasteiger partial charge in [0, 0.05) is 29.7 Å². The fourth-order valence-electron chi connectivity index (χ4n) is 3.71. The molecule has 10 nitrogen and oxygen atoms in total. The number of carbonyl (C=O) groups excluding carboxylic acids is 1. The van der Waals surface area contributed by atoms with Crippen molar-refractivity contribution in [2.24, 2.45) is 0 Å².